The summed E-state index contributed by atoms with van der Waals surface area (Å²) in [5.74, 6) is 1.46. The topological polar surface area (TPSA) is 90.4 Å². The fourth-order valence-corrected chi connectivity index (χ4v) is 4.84. The van der Waals surface area contributed by atoms with E-state index in [1.807, 2.05) is 18.2 Å². The summed E-state index contributed by atoms with van der Waals surface area (Å²) in [6, 6.07) is 10.1. The lowest BCUT2D eigenvalue weighted by molar-refractivity contribution is 0.253. The number of hydrogen-bond donors (Lipinski definition) is 1. The predicted octanol–water partition coefficient (Wildman–Crippen LogP) is 1.98. The Morgan fingerprint density at radius 3 is 3.00 bits per heavy atom. The minimum absolute atomic E-state index is 0.134. The van der Waals surface area contributed by atoms with Crippen LogP contribution in [0.2, 0.25) is 0 Å². The lowest BCUT2D eigenvalue weighted by atomic mass is 10.0. The Bertz CT molecular complexity index is 1030. The molecule has 4 rings (SSSR count). The maximum Gasteiger partial charge on any atom is 0.243 e. The Morgan fingerprint density at radius 2 is 2.16 bits per heavy atom. The standard InChI is InChI=1S/C16H15N3O4S2/c1-22-12-5-6-14-10(8-12)7-11(9-23-14)19-25(20,21)15-4-2-3-13-16(15)18-24-17-13/h2-6,8,11,19H,7,9H2,1H3/t11-/m0/s1. The summed E-state index contributed by atoms with van der Waals surface area (Å²) >= 11 is 0.993. The van der Waals surface area contributed by atoms with Gasteiger partial charge in [-0.15, -0.1) is 0 Å². The number of hydrogen-bond acceptors (Lipinski definition) is 7. The first-order valence-electron chi connectivity index (χ1n) is 7.60. The molecule has 2 aromatic carbocycles. The van der Waals surface area contributed by atoms with Crippen molar-refractivity contribution in [3.8, 4) is 11.5 Å². The normalized spacial score (nSPS) is 17.1. The Hall–Kier alpha value is -2.23. The Morgan fingerprint density at radius 1 is 1.28 bits per heavy atom. The molecule has 130 valence electrons. The van der Waals surface area contributed by atoms with Crippen molar-refractivity contribution in [1.82, 2.24) is 13.5 Å². The fraction of sp³-hybridized carbons (Fsp3) is 0.250. The van der Waals surface area contributed by atoms with Gasteiger partial charge in [-0.1, -0.05) is 6.07 Å². The zero-order valence-corrected chi connectivity index (χ0v) is 14.9. The third-order valence-electron chi connectivity index (χ3n) is 4.03. The van der Waals surface area contributed by atoms with E-state index in [1.54, 1.807) is 19.2 Å². The van der Waals surface area contributed by atoms with E-state index in [0.29, 0.717) is 23.2 Å². The minimum atomic E-state index is -3.73. The lowest BCUT2D eigenvalue weighted by Crippen LogP contribution is -2.42. The van der Waals surface area contributed by atoms with Crippen LogP contribution in [-0.2, 0) is 16.4 Å². The summed E-state index contributed by atoms with van der Waals surface area (Å²) in [6.45, 7) is 0.268. The largest absolute Gasteiger partial charge is 0.497 e. The highest BCUT2D eigenvalue weighted by molar-refractivity contribution is 7.89. The van der Waals surface area contributed by atoms with Crippen LogP contribution in [0.5, 0.6) is 11.5 Å². The van der Waals surface area contributed by atoms with Crippen LogP contribution < -0.4 is 14.2 Å². The predicted molar refractivity (Wildman–Crippen MR) is 93.7 cm³/mol. The van der Waals surface area contributed by atoms with Crippen LogP contribution in [-0.4, -0.2) is 36.9 Å². The van der Waals surface area contributed by atoms with Gasteiger partial charge in [-0.25, -0.2) is 13.1 Å². The Balaban J connectivity index is 1.60. The summed E-state index contributed by atoms with van der Waals surface area (Å²) in [6.07, 6.45) is 0.525. The number of methoxy groups -OCH3 is 1. The van der Waals surface area contributed by atoms with Gasteiger partial charge in [0.2, 0.25) is 10.0 Å². The molecule has 3 aromatic rings. The van der Waals surface area contributed by atoms with Gasteiger partial charge in [0, 0.05) is 0 Å². The molecule has 0 radical (unpaired) electrons. The number of fused-ring (bicyclic) bond motifs is 2. The molecule has 0 unspecified atom stereocenters. The van der Waals surface area contributed by atoms with Crippen LogP contribution in [0, 0.1) is 0 Å². The van der Waals surface area contributed by atoms with Crippen molar-refractivity contribution in [3.05, 3.63) is 42.0 Å². The van der Waals surface area contributed by atoms with Crippen LogP contribution >= 0.6 is 11.7 Å². The first kappa shape index (κ1) is 16.2. The van der Waals surface area contributed by atoms with E-state index >= 15 is 0 Å². The molecule has 1 aromatic heterocycles. The van der Waals surface area contributed by atoms with Crippen LogP contribution in [0.15, 0.2) is 41.3 Å². The van der Waals surface area contributed by atoms with Crippen LogP contribution in [0.1, 0.15) is 5.56 Å². The van der Waals surface area contributed by atoms with E-state index in [9.17, 15) is 8.42 Å². The molecular formula is C16H15N3O4S2. The fourth-order valence-electron chi connectivity index (χ4n) is 2.85. The van der Waals surface area contributed by atoms with E-state index in [2.05, 4.69) is 13.5 Å². The molecule has 1 aliphatic rings. The molecule has 0 saturated carbocycles. The summed E-state index contributed by atoms with van der Waals surface area (Å²) in [5, 5.41) is 0. The highest BCUT2D eigenvalue weighted by atomic mass is 32.2. The highest BCUT2D eigenvalue weighted by Crippen LogP contribution is 2.29. The summed E-state index contributed by atoms with van der Waals surface area (Å²) in [4.78, 5) is 0.134. The second kappa shape index (κ2) is 6.25. The number of ether oxygens (including phenoxy) is 2. The quantitative estimate of drug-likeness (QED) is 0.748. The second-order valence-corrected chi connectivity index (χ2v) is 7.91. The molecule has 0 spiro atoms. The van der Waals surface area contributed by atoms with Crippen molar-refractivity contribution in [1.29, 1.82) is 0 Å². The van der Waals surface area contributed by atoms with Crippen LogP contribution in [0.3, 0.4) is 0 Å². The molecule has 0 fully saturated rings. The van der Waals surface area contributed by atoms with Gasteiger partial charge in [0.05, 0.1) is 24.9 Å². The zero-order valence-electron chi connectivity index (χ0n) is 13.3. The maximum atomic E-state index is 12.8. The number of benzene rings is 2. The number of aromatic nitrogens is 2. The highest BCUT2D eigenvalue weighted by Gasteiger charge is 2.27. The molecule has 0 saturated heterocycles. The molecule has 0 amide bonds. The van der Waals surface area contributed by atoms with Gasteiger partial charge in [0.25, 0.3) is 0 Å². The number of rotatable bonds is 4. The van der Waals surface area contributed by atoms with E-state index < -0.39 is 10.0 Å². The van der Waals surface area contributed by atoms with Crippen LogP contribution in [0.25, 0.3) is 11.0 Å². The van der Waals surface area contributed by atoms with Gasteiger partial charge in [0.1, 0.15) is 34.0 Å². The van der Waals surface area contributed by atoms with Gasteiger partial charge in [-0.3, -0.25) is 0 Å². The van der Waals surface area contributed by atoms with E-state index in [1.165, 1.54) is 6.07 Å². The van der Waals surface area contributed by atoms with Gasteiger partial charge < -0.3 is 9.47 Å². The van der Waals surface area contributed by atoms with E-state index in [-0.39, 0.29) is 17.5 Å². The Labute approximate surface area is 149 Å². The third kappa shape index (κ3) is 3.06. The van der Waals surface area contributed by atoms with Crippen molar-refractivity contribution < 1.29 is 17.9 Å². The molecule has 9 heteroatoms. The monoisotopic (exact) mass is 377 g/mol. The minimum Gasteiger partial charge on any atom is -0.497 e. The van der Waals surface area contributed by atoms with Gasteiger partial charge >= 0.3 is 0 Å². The Kier molecular flexibility index (Phi) is 4.06. The first-order valence-corrected chi connectivity index (χ1v) is 9.81. The molecule has 0 bridgehead atoms. The number of nitrogens with zero attached hydrogens (tertiary/aromatic N) is 2. The van der Waals surface area contributed by atoms with Gasteiger partial charge in [0.15, 0.2) is 0 Å². The summed E-state index contributed by atoms with van der Waals surface area (Å²) in [7, 11) is -2.14. The molecule has 7 nitrogen and oxygen atoms in total. The second-order valence-electron chi connectivity index (χ2n) is 5.70. The van der Waals surface area contributed by atoms with E-state index in [0.717, 1.165) is 23.0 Å². The smallest absolute Gasteiger partial charge is 0.243 e. The van der Waals surface area contributed by atoms with E-state index in [4.69, 9.17) is 9.47 Å². The van der Waals surface area contributed by atoms with Crippen LogP contribution in [0.4, 0.5) is 0 Å². The molecule has 25 heavy (non-hydrogen) atoms. The van der Waals surface area contributed by atoms with Crippen molar-refractivity contribution in [3.63, 3.8) is 0 Å². The molecule has 1 N–H and O–H groups in total. The number of sulfonamides is 1. The van der Waals surface area contributed by atoms with Gasteiger partial charge in [-0.2, -0.15) is 8.75 Å². The zero-order chi connectivity index (χ0) is 17.4. The average Bonchev–Trinajstić information content (AvgIpc) is 3.09. The maximum absolute atomic E-state index is 12.8. The van der Waals surface area contributed by atoms with Crippen molar-refractivity contribution in [2.24, 2.45) is 0 Å². The SMILES string of the molecule is COc1ccc2c(c1)C[C@H](NS(=O)(=O)c1cccc3nsnc13)CO2. The average molecular weight is 377 g/mol. The van der Waals surface area contributed by atoms with Gasteiger partial charge in [-0.05, 0) is 42.3 Å². The molecule has 1 atom stereocenters. The number of nitrogens with one attached hydrogen (secondary N) is 1. The lowest BCUT2D eigenvalue weighted by Gasteiger charge is -2.26. The summed E-state index contributed by atoms with van der Waals surface area (Å²) in [5.41, 5.74) is 1.87. The third-order valence-corrected chi connectivity index (χ3v) is 6.13. The first-order chi connectivity index (χ1) is 12.1. The van der Waals surface area contributed by atoms with Crippen molar-refractivity contribution in [2.75, 3.05) is 13.7 Å². The molecular weight excluding hydrogens is 362 g/mol. The van der Waals surface area contributed by atoms with Crippen molar-refractivity contribution in [2.45, 2.75) is 17.4 Å². The molecule has 0 aliphatic carbocycles. The molecule has 2 heterocycles. The molecule has 1 aliphatic heterocycles. The summed E-state index contributed by atoms with van der Waals surface area (Å²) < 4.78 is 47.4. The van der Waals surface area contributed by atoms with Crippen molar-refractivity contribution >= 4 is 32.8 Å².